The Balaban J connectivity index is 1.35. The van der Waals surface area contributed by atoms with Crippen molar-refractivity contribution in [3.8, 4) is 0 Å². The Hall–Kier alpha value is -2.38. The molecule has 0 radical (unpaired) electrons. The zero-order chi connectivity index (χ0) is 20.7. The van der Waals surface area contributed by atoms with E-state index in [1.807, 2.05) is 30.3 Å². The highest BCUT2D eigenvalue weighted by atomic mass is 32.2. The SMILES string of the molecule is CS(=O)(=O)c1ccc(NCCN2CCC(C(=O)NCc3ccccc3)CC2)cc1. The maximum absolute atomic E-state index is 12.4. The Morgan fingerprint density at radius 1 is 1.03 bits per heavy atom. The molecule has 1 aliphatic rings. The number of nitrogens with zero attached hydrogens (tertiary/aromatic N) is 1. The summed E-state index contributed by atoms with van der Waals surface area (Å²) in [5.74, 6) is 0.240. The number of piperidine rings is 1. The summed E-state index contributed by atoms with van der Waals surface area (Å²) in [6.45, 7) is 4.09. The standard InChI is InChI=1S/C22H29N3O3S/c1-29(27,28)21-9-7-20(8-10-21)23-13-16-25-14-11-19(12-15-25)22(26)24-17-18-5-3-2-4-6-18/h2-10,19,23H,11-17H2,1H3,(H,24,26). The van der Waals surface area contributed by atoms with Crippen LogP contribution < -0.4 is 10.6 Å². The van der Waals surface area contributed by atoms with Crippen molar-refractivity contribution in [2.45, 2.75) is 24.3 Å². The topological polar surface area (TPSA) is 78.5 Å². The summed E-state index contributed by atoms with van der Waals surface area (Å²) < 4.78 is 23.0. The Kier molecular flexibility index (Phi) is 7.28. The maximum Gasteiger partial charge on any atom is 0.223 e. The molecule has 0 aromatic heterocycles. The molecule has 29 heavy (non-hydrogen) atoms. The van der Waals surface area contributed by atoms with Gasteiger partial charge in [-0.05, 0) is 55.8 Å². The van der Waals surface area contributed by atoms with Crippen LogP contribution in [0.1, 0.15) is 18.4 Å². The predicted octanol–water partition coefficient (Wildman–Crippen LogP) is 2.53. The van der Waals surface area contributed by atoms with Gasteiger partial charge in [-0.15, -0.1) is 0 Å². The summed E-state index contributed by atoms with van der Waals surface area (Å²) in [6, 6.07) is 16.8. The first-order chi connectivity index (χ1) is 13.9. The number of nitrogens with one attached hydrogen (secondary N) is 2. The van der Waals surface area contributed by atoms with Gasteiger partial charge in [0.2, 0.25) is 5.91 Å². The number of hydrogen-bond acceptors (Lipinski definition) is 5. The summed E-state index contributed by atoms with van der Waals surface area (Å²) in [6.07, 6.45) is 2.97. The van der Waals surface area contributed by atoms with Crippen LogP contribution in [0, 0.1) is 5.92 Å². The fourth-order valence-corrected chi connectivity index (χ4v) is 4.16. The van der Waals surface area contributed by atoms with Gasteiger partial charge in [-0.2, -0.15) is 0 Å². The third-order valence-electron chi connectivity index (χ3n) is 5.31. The summed E-state index contributed by atoms with van der Waals surface area (Å²) in [7, 11) is -3.16. The van der Waals surface area contributed by atoms with Gasteiger partial charge in [0.1, 0.15) is 0 Å². The molecule has 1 amide bonds. The van der Waals surface area contributed by atoms with Crippen LogP contribution >= 0.6 is 0 Å². The number of carbonyl (C=O) groups is 1. The molecule has 1 fully saturated rings. The number of amides is 1. The van der Waals surface area contributed by atoms with E-state index < -0.39 is 9.84 Å². The van der Waals surface area contributed by atoms with Gasteiger partial charge in [0.15, 0.2) is 9.84 Å². The first-order valence-corrected chi connectivity index (χ1v) is 11.9. The molecule has 6 nitrogen and oxygen atoms in total. The van der Waals surface area contributed by atoms with Crippen LogP contribution in [0.5, 0.6) is 0 Å². The maximum atomic E-state index is 12.4. The molecule has 2 aromatic rings. The molecule has 0 aliphatic carbocycles. The zero-order valence-corrected chi connectivity index (χ0v) is 17.6. The summed E-state index contributed by atoms with van der Waals surface area (Å²) in [4.78, 5) is 15.1. The zero-order valence-electron chi connectivity index (χ0n) is 16.8. The lowest BCUT2D eigenvalue weighted by atomic mass is 9.96. The van der Waals surface area contributed by atoms with Crippen LogP contribution in [-0.4, -0.2) is 51.7 Å². The lowest BCUT2D eigenvalue weighted by Crippen LogP contribution is -2.41. The third-order valence-corrected chi connectivity index (χ3v) is 6.44. The molecule has 2 N–H and O–H groups in total. The highest BCUT2D eigenvalue weighted by Crippen LogP contribution is 2.18. The average molecular weight is 416 g/mol. The molecule has 1 saturated heterocycles. The normalized spacial score (nSPS) is 15.8. The van der Waals surface area contributed by atoms with E-state index in [0.29, 0.717) is 11.4 Å². The number of sulfone groups is 1. The second-order valence-corrected chi connectivity index (χ2v) is 9.56. The van der Waals surface area contributed by atoms with Crippen molar-refractivity contribution in [1.29, 1.82) is 0 Å². The minimum Gasteiger partial charge on any atom is -0.384 e. The van der Waals surface area contributed by atoms with Crippen LogP contribution in [0.15, 0.2) is 59.5 Å². The van der Waals surface area contributed by atoms with Gasteiger partial charge >= 0.3 is 0 Å². The van der Waals surface area contributed by atoms with Gasteiger partial charge in [-0.1, -0.05) is 30.3 Å². The summed E-state index contributed by atoms with van der Waals surface area (Å²) in [5, 5.41) is 6.38. The van der Waals surface area contributed by atoms with Crippen LogP contribution in [0.3, 0.4) is 0 Å². The molecular formula is C22H29N3O3S. The number of benzene rings is 2. The van der Waals surface area contributed by atoms with Crippen LogP contribution in [0.25, 0.3) is 0 Å². The molecule has 0 saturated carbocycles. The molecular weight excluding hydrogens is 386 g/mol. The van der Waals surface area contributed by atoms with E-state index in [4.69, 9.17) is 0 Å². The van der Waals surface area contributed by atoms with Gasteiger partial charge < -0.3 is 15.5 Å². The van der Waals surface area contributed by atoms with E-state index >= 15 is 0 Å². The fraction of sp³-hybridized carbons (Fsp3) is 0.409. The molecule has 0 atom stereocenters. The predicted molar refractivity (Wildman–Crippen MR) is 115 cm³/mol. The number of likely N-dealkylation sites (tertiary alicyclic amines) is 1. The molecule has 7 heteroatoms. The first kappa shape index (κ1) is 21.3. The van der Waals surface area contributed by atoms with Crippen molar-refractivity contribution in [2.24, 2.45) is 5.92 Å². The van der Waals surface area contributed by atoms with E-state index in [0.717, 1.165) is 50.3 Å². The third kappa shape index (κ3) is 6.58. The highest BCUT2D eigenvalue weighted by molar-refractivity contribution is 7.90. The summed E-state index contributed by atoms with van der Waals surface area (Å²) in [5.41, 5.74) is 2.03. The van der Waals surface area contributed by atoms with Crippen LogP contribution in [0.4, 0.5) is 5.69 Å². The number of anilines is 1. The van der Waals surface area contributed by atoms with Gasteiger partial charge in [0.05, 0.1) is 4.90 Å². The number of rotatable bonds is 8. The van der Waals surface area contributed by atoms with Crippen molar-refractivity contribution in [2.75, 3.05) is 37.8 Å². The van der Waals surface area contributed by atoms with Crippen LogP contribution in [0.2, 0.25) is 0 Å². The lowest BCUT2D eigenvalue weighted by Gasteiger charge is -2.31. The molecule has 1 heterocycles. The molecule has 2 aromatic carbocycles. The van der Waals surface area contributed by atoms with Gasteiger partial charge in [-0.25, -0.2) is 8.42 Å². The van der Waals surface area contributed by atoms with Gasteiger partial charge in [0.25, 0.3) is 0 Å². The molecule has 0 unspecified atom stereocenters. The average Bonchev–Trinajstić information content (AvgIpc) is 2.73. The largest absolute Gasteiger partial charge is 0.384 e. The fourth-order valence-electron chi connectivity index (χ4n) is 3.53. The molecule has 0 spiro atoms. The molecule has 156 valence electrons. The van der Waals surface area contributed by atoms with Crippen molar-refractivity contribution in [3.05, 3.63) is 60.2 Å². The van der Waals surface area contributed by atoms with E-state index in [1.165, 1.54) is 6.26 Å². The van der Waals surface area contributed by atoms with Crippen molar-refractivity contribution < 1.29 is 13.2 Å². The van der Waals surface area contributed by atoms with Crippen molar-refractivity contribution in [3.63, 3.8) is 0 Å². The first-order valence-electron chi connectivity index (χ1n) is 10.00. The van der Waals surface area contributed by atoms with E-state index in [-0.39, 0.29) is 11.8 Å². The lowest BCUT2D eigenvalue weighted by molar-refractivity contribution is -0.126. The minimum atomic E-state index is -3.16. The van der Waals surface area contributed by atoms with Crippen molar-refractivity contribution >= 4 is 21.4 Å². The smallest absolute Gasteiger partial charge is 0.223 e. The van der Waals surface area contributed by atoms with E-state index in [9.17, 15) is 13.2 Å². The molecule has 1 aliphatic heterocycles. The second-order valence-electron chi connectivity index (χ2n) is 7.54. The van der Waals surface area contributed by atoms with Gasteiger partial charge in [0, 0.05) is 37.5 Å². The van der Waals surface area contributed by atoms with Crippen LogP contribution in [-0.2, 0) is 21.2 Å². The van der Waals surface area contributed by atoms with E-state index in [2.05, 4.69) is 15.5 Å². The van der Waals surface area contributed by atoms with Gasteiger partial charge in [-0.3, -0.25) is 4.79 Å². The molecule has 0 bridgehead atoms. The number of carbonyl (C=O) groups excluding carboxylic acids is 1. The Labute approximate surface area is 173 Å². The molecule has 3 rings (SSSR count). The number of hydrogen-bond donors (Lipinski definition) is 2. The second kappa shape index (κ2) is 9.89. The Morgan fingerprint density at radius 2 is 1.69 bits per heavy atom. The van der Waals surface area contributed by atoms with E-state index in [1.54, 1.807) is 24.3 Å². The van der Waals surface area contributed by atoms with Crippen molar-refractivity contribution in [1.82, 2.24) is 10.2 Å². The Bertz CT molecular complexity index is 891. The quantitative estimate of drug-likeness (QED) is 0.693. The highest BCUT2D eigenvalue weighted by Gasteiger charge is 2.24. The summed E-state index contributed by atoms with van der Waals surface area (Å²) >= 11 is 0. The Morgan fingerprint density at radius 3 is 2.31 bits per heavy atom. The monoisotopic (exact) mass is 415 g/mol. The minimum absolute atomic E-state index is 0.0893.